The van der Waals surface area contributed by atoms with E-state index in [2.05, 4.69) is 20.6 Å². The van der Waals surface area contributed by atoms with E-state index in [1.807, 2.05) is 27.7 Å². The largest absolute Gasteiger partial charge is 0.474 e. The number of nitrogens with zero attached hydrogens (tertiary/aromatic N) is 2. The van der Waals surface area contributed by atoms with Gasteiger partial charge < -0.3 is 20.1 Å². The van der Waals surface area contributed by atoms with Crippen molar-refractivity contribution in [3.63, 3.8) is 0 Å². The molecule has 2 heterocycles. The van der Waals surface area contributed by atoms with Crippen LogP contribution in [0.5, 0.6) is 0 Å². The Hall–Kier alpha value is -2.12. The summed E-state index contributed by atoms with van der Waals surface area (Å²) in [4.78, 5) is 32.8. The van der Waals surface area contributed by atoms with Crippen molar-refractivity contribution >= 4 is 23.6 Å². The van der Waals surface area contributed by atoms with Crippen molar-refractivity contribution < 1.29 is 19.1 Å². The summed E-state index contributed by atoms with van der Waals surface area (Å²) in [7, 11) is 0. The van der Waals surface area contributed by atoms with E-state index in [1.165, 1.54) is 0 Å². The SMILES string of the molecule is CC1(C)CCOC(C(=O)NCCCCCCNC(=O)C2=NC(C)(C)CCO2)=N1. The molecule has 28 heavy (non-hydrogen) atoms. The maximum atomic E-state index is 12.1. The molecule has 8 heteroatoms. The van der Waals surface area contributed by atoms with E-state index < -0.39 is 0 Å². The van der Waals surface area contributed by atoms with Crippen LogP contribution < -0.4 is 10.6 Å². The molecule has 2 rings (SSSR count). The Bertz CT molecular complexity index is 572. The summed E-state index contributed by atoms with van der Waals surface area (Å²) in [6.45, 7) is 10.2. The minimum absolute atomic E-state index is 0.190. The van der Waals surface area contributed by atoms with Crippen LogP contribution in [0.25, 0.3) is 0 Å². The number of nitrogens with one attached hydrogen (secondary N) is 2. The Morgan fingerprint density at radius 1 is 0.786 bits per heavy atom. The lowest BCUT2D eigenvalue weighted by molar-refractivity contribution is -0.117. The molecule has 0 saturated heterocycles. The molecule has 8 nitrogen and oxygen atoms in total. The van der Waals surface area contributed by atoms with Crippen molar-refractivity contribution in [3.8, 4) is 0 Å². The third kappa shape index (κ3) is 7.48. The topological polar surface area (TPSA) is 101 Å². The van der Waals surface area contributed by atoms with E-state index in [0.717, 1.165) is 38.5 Å². The Morgan fingerprint density at radius 3 is 1.54 bits per heavy atom. The molecular weight excluding hydrogens is 360 g/mol. The molecular formula is C20H34N4O4. The van der Waals surface area contributed by atoms with Crippen LogP contribution in [-0.4, -0.2) is 61.0 Å². The Labute approximate surface area is 167 Å². The number of rotatable bonds is 9. The van der Waals surface area contributed by atoms with Gasteiger partial charge in [0.05, 0.1) is 24.3 Å². The molecule has 2 N–H and O–H groups in total. The number of unbranched alkanes of at least 4 members (excludes halogenated alkanes) is 3. The third-order valence-electron chi connectivity index (χ3n) is 4.78. The first-order valence-corrected chi connectivity index (χ1v) is 10.2. The van der Waals surface area contributed by atoms with Crippen LogP contribution in [0.15, 0.2) is 9.98 Å². The van der Waals surface area contributed by atoms with Crippen molar-refractivity contribution in [3.05, 3.63) is 0 Å². The molecule has 0 radical (unpaired) electrons. The van der Waals surface area contributed by atoms with E-state index in [9.17, 15) is 9.59 Å². The zero-order valence-electron chi connectivity index (χ0n) is 17.6. The average Bonchev–Trinajstić information content (AvgIpc) is 2.61. The average molecular weight is 395 g/mol. The maximum Gasteiger partial charge on any atom is 0.306 e. The van der Waals surface area contributed by atoms with Gasteiger partial charge in [0, 0.05) is 25.9 Å². The second kappa shape index (κ2) is 9.89. The minimum atomic E-state index is -0.240. The molecule has 0 fully saturated rings. The second-order valence-electron chi connectivity index (χ2n) is 8.58. The van der Waals surface area contributed by atoms with Crippen LogP contribution in [0.2, 0.25) is 0 Å². The Morgan fingerprint density at radius 2 is 1.18 bits per heavy atom. The van der Waals surface area contributed by atoms with Gasteiger partial charge in [-0.05, 0) is 40.5 Å². The Kier molecular flexibility index (Phi) is 7.83. The highest BCUT2D eigenvalue weighted by molar-refractivity contribution is 6.35. The highest BCUT2D eigenvalue weighted by Crippen LogP contribution is 2.19. The monoisotopic (exact) mass is 394 g/mol. The van der Waals surface area contributed by atoms with Crippen LogP contribution in [0.4, 0.5) is 0 Å². The van der Waals surface area contributed by atoms with Gasteiger partial charge in [0.2, 0.25) is 0 Å². The quantitative estimate of drug-likeness (QED) is 0.584. The summed E-state index contributed by atoms with van der Waals surface area (Å²) in [5.74, 6) is -0.0996. The van der Waals surface area contributed by atoms with Gasteiger partial charge in [-0.1, -0.05) is 12.8 Å². The first kappa shape index (κ1) is 22.2. The number of hydrogen-bond acceptors (Lipinski definition) is 6. The molecule has 0 aromatic heterocycles. The smallest absolute Gasteiger partial charge is 0.306 e. The van der Waals surface area contributed by atoms with Crippen molar-refractivity contribution in [2.45, 2.75) is 77.3 Å². The molecule has 2 aliphatic heterocycles. The Balaban J connectivity index is 1.53. The first-order chi connectivity index (χ1) is 13.2. The van der Waals surface area contributed by atoms with E-state index in [4.69, 9.17) is 9.47 Å². The number of amides is 2. The van der Waals surface area contributed by atoms with E-state index in [1.54, 1.807) is 0 Å². The molecule has 2 amide bonds. The van der Waals surface area contributed by atoms with Crippen molar-refractivity contribution in [2.24, 2.45) is 9.98 Å². The predicted octanol–water partition coefficient (Wildman–Crippen LogP) is 1.97. The van der Waals surface area contributed by atoms with Crippen LogP contribution in [0.3, 0.4) is 0 Å². The number of hydrogen-bond donors (Lipinski definition) is 2. The van der Waals surface area contributed by atoms with Crippen LogP contribution in [-0.2, 0) is 19.1 Å². The highest BCUT2D eigenvalue weighted by Gasteiger charge is 2.27. The molecule has 0 aromatic rings. The third-order valence-corrected chi connectivity index (χ3v) is 4.78. The summed E-state index contributed by atoms with van der Waals surface area (Å²) in [6.07, 6.45) is 5.33. The standard InChI is InChI=1S/C20H34N4O4/c1-19(2)9-13-27-17(23-19)15(25)21-11-7-5-6-8-12-22-16(26)18-24-20(3,4)10-14-28-18/h5-14H2,1-4H3,(H,21,25)(H,22,26). The second-order valence-corrected chi connectivity index (χ2v) is 8.58. The lowest BCUT2D eigenvalue weighted by atomic mass is 10.0. The van der Waals surface area contributed by atoms with Crippen molar-refractivity contribution in [1.29, 1.82) is 0 Å². The first-order valence-electron chi connectivity index (χ1n) is 10.2. The number of ether oxygens (including phenoxy) is 2. The predicted molar refractivity (Wildman–Crippen MR) is 109 cm³/mol. The molecule has 0 bridgehead atoms. The fraction of sp³-hybridized carbons (Fsp3) is 0.800. The molecule has 2 aliphatic rings. The number of aliphatic imine (C=N–C) groups is 2. The molecule has 0 aliphatic carbocycles. The molecule has 0 atom stereocenters. The van der Waals surface area contributed by atoms with Gasteiger partial charge in [-0.15, -0.1) is 0 Å². The maximum absolute atomic E-state index is 12.1. The zero-order valence-corrected chi connectivity index (χ0v) is 17.6. The minimum Gasteiger partial charge on any atom is -0.474 e. The molecule has 0 saturated carbocycles. The normalized spacial score (nSPS) is 20.1. The van der Waals surface area contributed by atoms with Gasteiger partial charge in [-0.2, -0.15) is 0 Å². The van der Waals surface area contributed by atoms with Crippen LogP contribution >= 0.6 is 0 Å². The lowest BCUT2D eigenvalue weighted by Crippen LogP contribution is -2.39. The molecule has 0 aromatic carbocycles. The number of carbonyl (C=O) groups is 2. The van der Waals surface area contributed by atoms with Crippen LogP contribution in [0, 0.1) is 0 Å². The number of carbonyl (C=O) groups excluding carboxylic acids is 2. The summed E-state index contributed by atoms with van der Waals surface area (Å²) in [5, 5.41) is 5.71. The molecule has 0 unspecified atom stereocenters. The van der Waals surface area contributed by atoms with Crippen molar-refractivity contribution in [2.75, 3.05) is 26.3 Å². The molecule has 158 valence electrons. The van der Waals surface area contributed by atoms with Gasteiger partial charge in [0.15, 0.2) is 0 Å². The molecule has 0 spiro atoms. The fourth-order valence-electron chi connectivity index (χ4n) is 2.91. The van der Waals surface area contributed by atoms with Gasteiger partial charge in [-0.25, -0.2) is 9.98 Å². The van der Waals surface area contributed by atoms with Gasteiger partial charge in [-0.3, -0.25) is 9.59 Å². The van der Waals surface area contributed by atoms with Crippen molar-refractivity contribution in [1.82, 2.24) is 10.6 Å². The van der Waals surface area contributed by atoms with Crippen LogP contribution in [0.1, 0.15) is 66.2 Å². The lowest BCUT2D eigenvalue weighted by Gasteiger charge is -2.26. The van der Waals surface area contributed by atoms with Gasteiger partial charge in [0.25, 0.3) is 11.8 Å². The summed E-state index contributed by atoms with van der Waals surface area (Å²) in [5.41, 5.74) is -0.474. The highest BCUT2D eigenvalue weighted by atomic mass is 16.5. The van der Waals surface area contributed by atoms with E-state index >= 15 is 0 Å². The zero-order chi connectivity index (χ0) is 20.6. The van der Waals surface area contributed by atoms with Gasteiger partial charge >= 0.3 is 11.8 Å². The summed E-state index contributed by atoms with van der Waals surface area (Å²) >= 11 is 0. The summed E-state index contributed by atoms with van der Waals surface area (Å²) < 4.78 is 10.7. The fourth-order valence-corrected chi connectivity index (χ4v) is 2.91. The summed E-state index contributed by atoms with van der Waals surface area (Å²) in [6, 6.07) is 0. The van der Waals surface area contributed by atoms with Gasteiger partial charge in [0.1, 0.15) is 0 Å². The van der Waals surface area contributed by atoms with E-state index in [0.29, 0.717) is 26.3 Å². The van der Waals surface area contributed by atoms with E-state index in [-0.39, 0.29) is 34.7 Å².